The van der Waals surface area contributed by atoms with Crippen LogP contribution in [0.2, 0.25) is 0 Å². The second kappa shape index (κ2) is 6.79. The predicted molar refractivity (Wildman–Crippen MR) is 82.6 cm³/mol. The summed E-state index contributed by atoms with van der Waals surface area (Å²) < 4.78 is 5.87. The van der Waals surface area contributed by atoms with Gasteiger partial charge in [-0.25, -0.2) is 0 Å². The van der Waals surface area contributed by atoms with Gasteiger partial charge in [0.1, 0.15) is 12.4 Å². The number of rotatable bonds is 3. The molecule has 2 rings (SSSR count). The van der Waals surface area contributed by atoms with Gasteiger partial charge in [0.2, 0.25) is 0 Å². The fourth-order valence-corrected chi connectivity index (χ4v) is 1.86. The molecular weight excluding hydrogens is 246 g/mol. The Labute approximate surface area is 120 Å². The van der Waals surface area contributed by atoms with Gasteiger partial charge < -0.3 is 10.5 Å². The van der Waals surface area contributed by atoms with Gasteiger partial charge in [0.05, 0.1) is 12.1 Å². The molecule has 102 valence electrons. The van der Waals surface area contributed by atoms with Gasteiger partial charge in [-0.15, -0.1) is 0 Å². The van der Waals surface area contributed by atoms with Gasteiger partial charge in [-0.3, -0.25) is 0 Å². The second-order valence-electron chi connectivity index (χ2n) is 4.78. The monoisotopic (exact) mass is 265 g/mol. The van der Waals surface area contributed by atoms with Crippen LogP contribution in [0, 0.1) is 25.7 Å². The third kappa shape index (κ3) is 3.88. The first kappa shape index (κ1) is 14.2. The molecule has 0 unspecified atom stereocenters. The van der Waals surface area contributed by atoms with E-state index in [1.807, 2.05) is 25.1 Å². The molecule has 0 spiro atoms. The van der Waals surface area contributed by atoms with E-state index in [1.165, 1.54) is 5.56 Å². The molecule has 2 aromatic rings. The van der Waals surface area contributed by atoms with E-state index in [0.717, 1.165) is 22.4 Å². The molecule has 2 N–H and O–H groups in total. The summed E-state index contributed by atoms with van der Waals surface area (Å²) in [6.45, 7) is 5.01. The van der Waals surface area contributed by atoms with Gasteiger partial charge in [0.25, 0.3) is 0 Å². The van der Waals surface area contributed by atoms with Crippen molar-refractivity contribution in [2.45, 2.75) is 20.5 Å². The van der Waals surface area contributed by atoms with Gasteiger partial charge in [-0.05, 0) is 37.1 Å². The first-order valence-corrected chi connectivity index (χ1v) is 6.67. The Kier molecular flexibility index (Phi) is 4.81. The van der Waals surface area contributed by atoms with E-state index in [0.29, 0.717) is 13.2 Å². The zero-order valence-electron chi connectivity index (χ0n) is 11.9. The quantitative estimate of drug-likeness (QED) is 0.865. The molecule has 2 aromatic carbocycles. The number of hydrogen-bond acceptors (Lipinski definition) is 2. The zero-order valence-corrected chi connectivity index (χ0v) is 11.9. The van der Waals surface area contributed by atoms with Crippen molar-refractivity contribution in [3.05, 3.63) is 64.7 Å². The van der Waals surface area contributed by atoms with Crippen molar-refractivity contribution < 1.29 is 4.74 Å². The molecule has 0 radical (unpaired) electrons. The van der Waals surface area contributed by atoms with Crippen LogP contribution in [0.5, 0.6) is 5.75 Å². The van der Waals surface area contributed by atoms with Crippen molar-refractivity contribution in [2.75, 3.05) is 6.54 Å². The Morgan fingerprint density at radius 3 is 2.40 bits per heavy atom. The minimum Gasteiger partial charge on any atom is -0.488 e. The normalized spacial score (nSPS) is 9.75. The van der Waals surface area contributed by atoms with Crippen LogP contribution in [-0.2, 0) is 6.61 Å². The molecule has 0 fully saturated rings. The highest BCUT2D eigenvalue weighted by atomic mass is 16.5. The summed E-state index contributed by atoms with van der Waals surface area (Å²) in [6.07, 6.45) is 0. The fraction of sp³-hybridized carbons (Fsp3) is 0.222. The van der Waals surface area contributed by atoms with Crippen LogP contribution in [0.1, 0.15) is 22.3 Å². The number of nitrogens with two attached hydrogens (primary N) is 1. The van der Waals surface area contributed by atoms with Crippen LogP contribution in [0.25, 0.3) is 0 Å². The number of aryl methyl sites for hydroxylation is 2. The third-order valence-corrected chi connectivity index (χ3v) is 2.98. The molecular formula is C18H19NO. The Bertz CT molecular complexity index is 633. The number of hydrogen-bond donors (Lipinski definition) is 1. The highest BCUT2D eigenvalue weighted by molar-refractivity contribution is 5.48. The maximum absolute atomic E-state index is 5.87. The second-order valence-corrected chi connectivity index (χ2v) is 4.78. The maximum atomic E-state index is 5.87. The van der Waals surface area contributed by atoms with E-state index < -0.39 is 0 Å². The van der Waals surface area contributed by atoms with Crippen molar-refractivity contribution in [2.24, 2.45) is 5.73 Å². The number of ether oxygens (including phenoxy) is 1. The summed E-state index contributed by atoms with van der Waals surface area (Å²) in [6, 6.07) is 14.3. The molecule has 0 saturated heterocycles. The topological polar surface area (TPSA) is 35.2 Å². The lowest BCUT2D eigenvalue weighted by Gasteiger charge is -2.09. The highest BCUT2D eigenvalue weighted by Gasteiger charge is 2.02. The first-order chi connectivity index (χ1) is 9.69. The van der Waals surface area contributed by atoms with E-state index in [2.05, 4.69) is 43.0 Å². The average molecular weight is 265 g/mol. The van der Waals surface area contributed by atoms with Crippen molar-refractivity contribution in [1.82, 2.24) is 0 Å². The molecule has 0 aliphatic rings. The van der Waals surface area contributed by atoms with Crippen molar-refractivity contribution >= 4 is 0 Å². The smallest absolute Gasteiger partial charge is 0.135 e. The zero-order chi connectivity index (χ0) is 14.4. The van der Waals surface area contributed by atoms with Crippen molar-refractivity contribution in [3.63, 3.8) is 0 Å². The van der Waals surface area contributed by atoms with Crippen LogP contribution in [0.4, 0.5) is 0 Å². The van der Waals surface area contributed by atoms with E-state index in [4.69, 9.17) is 10.5 Å². The molecule has 2 nitrogen and oxygen atoms in total. The van der Waals surface area contributed by atoms with Gasteiger partial charge in [-0.2, -0.15) is 0 Å². The molecule has 0 aromatic heterocycles. The molecule has 2 heteroatoms. The van der Waals surface area contributed by atoms with Crippen molar-refractivity contribution in [3.8, 4) is 17.6 Å². The summed E-state index contributed by atoms with van der Waals surface area (Å²) in [7, 11) is 0. The standard InChI is InChI=1S/C18H19NO/c1-14-5-8-16(9-6-14)13-20-18-10-7-15(2)12-17(18)4-3-11-19/h5-10,12H,11,13,19H2,1-2H3. The van der Waals surface area contributed by atoms with E-state index in [-0.39, 0.29) is 0 Å². The van der Waals surface area contributed by atoms with E-state index in [9.17, 15) is 0 Å². The Morgan fingerprint density at radius 1 is 1.00 bits per heavy atom. The summed E-state index contributed by atoms with van der Waals surface area (Å²) >= 11 is 0. The minimum atomic E-state index is 0.353. The largest absolute Gasteiger partial charge is 0.488 e. The lowest BCUT2D eigenvalue weighted by molar-refractivity contribution is 0.305. The summed E-state index contributed by atoms with van der Waals surface area (Å²) in [5, 5.41) is 0. The van der Waals surface area contributed by atoms with Gasteiger partial charge in [0, 0.05) is 0 Å². The molecule has 0 heterocycles. The first-order valence-electron chi connectivity index (χ1n) is 6.67. The van der Waals surface area contributed by atoms with Crippen LogP contribution in [0.3, 0.4) is 0 Å². The van der Waals surface area contributed by atoms with Crippen LogP contribution >= 0.6 is 0 Å². The average Bonchev–Trinajstić information content (AvgIpc) is 2.46. The third-order valence-electron chi connectivity index (χ3n) is 2.98. The SMILES string of the molecule is Cc1ccc(COc2ccc(C)cc2C#CCN)cc1. The van der Waals surface area contributed by atoms with Crippen LogP contribution < -0.4 is 10.5 Å². The molecule has 0 atom stereocenters. The predicted octanol–water partition coefficient (Wildman–Crippen LogP) is 3.19. The molecule has 0 aliphatic carbocycles. The van der Waals surface area contributed by atoms with Gasteiger partial charge in [-0.1, -0.05) is 47.7 Å². The van der Waals surface area contributed by atoms with E-state index in [1.54, 1.807) is 0 Å². The summed E-state index contributed by atoms with van der Waals surface area (Å²) in [4.78, 5) is 0. The Morgan fingerprint density at radius 2 is 1.70 bits per heavy atom. The maximum Gasteiger partial charge on any atom is 0.135 e. The fourth-order valence-electron chi connectivity index (χ4n) is 1.86. The number of benzene rings is 2. The molecule has 0 aliphatic heterocycles. The minimum absolute atomic E-state index is 0.353. The summed E-state index contributed by atoms with van der Waals surface area (Å²) in [5.74, 6) is 6.74. The van der Waals surface area contributed by atoms with Crippen LogP contribution in [-0.4, -0.2) is 6.54 Å². The summed E-state index contributed by atoms with van der Waals surface area (Å²) in [5.41, 5.74) is 9.88. The highest BCUT2D eigenvalue weighted by Crippen LogP contribution is 2.20. The van der Waals surface area contributed by atoms with E-state index >= 15 is 0 Å². The van der Waals surface area contributed by atoms with Gasteiger partial charge in [0.15, 0.2) is 0 Å². The Hall–Kier alpha value is -2.24. The molecule has 0 amide bonds. The lowest BCUT2D eigenvalue weighted by atomic mass is 10.1. The van der Waals surface area contributed by atoms with Crippen LogP contribution in [0.15, 0.2) is 42.5 Å². The van der Waals surface area contributed by atoms with Gasteiger partial charge >= 0.3 is 0 Å². The lowest BCUT2D eigenvalue weighted by Crippen LogP contribution is -1.98. The molecule has 0 bridgehead atoms. The molecule has 20 heavy (non-hydrogen) atoms. The molecule has 0 saturated carbocycles. The Balaban J connectivity index is 2.14. The van der Waals surface area contributed by atoms with Crippen molar-refractivity contribution in [1.29, 1.82) is 0 Å².